The van der Waals surface area contributed by atoms with Crippen LogP contribution in [0.25, 0.3) is 0 Å². The van der Waals surface area contributed by atoms with Crippen molar-refractivity contribution in [1.29, 1.82) is 0 Å². The number of phenolic OH excluding ortho intramolecular Hbond substituents is 1. The molecule has 2 heterocycles. The predicted octanol–water partition coefficient (Wildman–Crippen LogP) is 4.10. The number of carbonyl (C=O) groups is 1. The number of hydrazine groups is 1. The molecule has 4 rings (SSSR count). The minimum atomic E-state index is -0.359. The lowest BCUT2D eigenvalue weighted by Gasteiger charge is -2.31. The van der Waals surface area contributed by atoms with Gasteiger partial charge in [0.1, 0.15) is 11.8 Å². The maximum absolute atomic E-state index is 13.4. The van der Waals surface area contributed by atoms with Crippen molar-refractivity contribution in [2.75, 3.05) is 19.8 Å². The molecule has 0 spiro atoms. The molecule has 2 aliphatic heterocycles. The Balaban J connectivity index is 1.73. The number of carbonyl (C=O) groups excluding carboxylic acids is 1. The van der Waals surface area contributed by atoms with Gasteiger partial charge in [0.15, 0.2) is 11.5 Å². The summed E-state index contributed by atoms with van der Waals surface area (Å²) in [6.45, 7) is 8.03. The number of likely N-dealkylation sites (tertiary alicyclic amines) is 1. The molecule has 178 valence electrons. The lowest BCUT2D eigenvalue weighted by Crippen LogP contribution is -2.41. The van der Waals surface area contributed by atoms with Crippen molar-refractivity contribution in [3.05, 3.63) is 53.6 Å². The van der Waals surface area contributed by atoms with Crippen LogP contribution in [0.15, 0.2) is 42.5 Å². The van der Waals surface area contributed by atoms with Gasteiger partial charge in [-0.3, -0.25) is 4.79 Å². The van der Waals surface area contributed by atoms with Crippen molar-refractivity contribution >= 4 is 5.91 Å². The average molecular weight is 454 g/mol. The van der Waals surface area contributed by atoms with E-state index < -0.39 is 0 Å². The van der Waals surface area contributed by atoms with E-state index >= 15 is 0 Å². The average Bonchev–Trinajstić information content (AvgIpc) is 3.35. The topological polar surface area (TPSA) is 83.1 Å². The second-order valence-corrected chi connectivity index (χ2v) is 8.70. The van der Waals surface area contributed by atoms with Gasteiger partial charge < -0.3 is 19.5 Å². The maximum Gasteiger partial charge on any atom is 0.242 e. The zero-order valence-electron chi connectivity index (χ0n) is 19.7. The molecule has 0 radical (unpaired) electrons. The number of nitrogens with zero attached hydrogens (tertiary/aromatic N) is 1. The molecule has 2 saturated heterocycles. The van der Waals surface area contributed by atoms with E-state index in [1.165, 1.54) is 0 Å². The summed E-state index contributed by atoms with van der Waals surface area (Å²) in [7, 11) is 0. The molecule has 0 bridgehead atoms. The van der Waals surface area contributed by atoms with E-state index in [9.17, 15) is 9.90 Å². The first kappa shape index (κ1) is 23.4. The molecular formula is C26H35N3O4. The second kappa shape index (κ2) is 10.4. The molecule has 2 fully saturated rings. The molecule has 3 N–H and O–H groups in total. The molecule has 0 saturated carbocycles. The summed E-state index contributed by atoms with van der Waals surface area (Å²) in [5.74, 6) is 1.66. The van der Waals surface area contributed by atoms with Crippen molar-refractivity contribution in [1.82, 2.24) is 15.8 Å². The highest BCUT2D eigenvalue weighted by molar-refractivity contribution is 5.86. The Kier molecular flexibility index (Phi) is 7.40. The van der Waals surface area contributed by atoms with Gasteiger partial charge in [-0.15, -0.1) is 0 Å². The standard InChI is InChI=1S/C26H35N3O4/c1-4-7-15-33-20-13-12-17(16-21(20)32-6-3)25-22-23(18-10-8-9-11-19(18)30)27-28-24(22)26(31)29(25)14-5-2/h8-13,16,22-25,27-28,30H,4-7,14-15H2,1-3H3. The van der Waals surface area contributed by atoms with E-state index in [1.807, 2.05) is 48.2 Å². The lowest BCUT2D eigenvalue weighted by atomic mass is 9.83. The van der Waals surface area contributed by atoms with Gasteiger partial charge in [-0.1, -0.05) is 44.5 Å². The Hall–Kier alpha value is -2.77. The van der Waals surface area contributed by atoms with Gasteiger partial charge in [0.25, 0.3) is 0 Å². The van der Waals surface area contributed by atoms with Crippen LogP contribution in [0.5, 0.6) is 17.2 Å². The Morgan fingerprint density at radius 3 is 2.48 bits per heavy atom. The van der Waals surface area contributed by atoms with Crippen LogP contribution in [-0.4, -0.2) is 41.7 Å². The van der Waals surface area contributed by atoms with E-state index in [0.717, 1.165) is 36.1 Å². The van der Waals surface area contributed by atoms with Crippen molar-refractivity contribution in [2.24, 2.45) is 5.92 Å². The number of benzene rings is 2. The van der Waals surface area contributed by atoms with Crippen molar-refractivity contribution in [3.8, 4) is 17.2 Å². The molecule has 2 aromatic carbocycles. The van der Waals surface area contributed by atoms with E-state index in [4.69, 9.17) is 9.47 Å². The Morgan fingerprint density at radius 1 is 0.970 bits per heavy atom. The highest BCUT2D eigenvalue weighted by Crippen LogP contribution is 2.49. The minimum absolute atomic E-state index is 0.0819. The molecule has 33 heavy (non-hydrogen) atoms. The number of rotatable bonds is 10. The van der Waals surface area contributed by atoms with Crippen LogP contribution in [0, 0.1) is 5.92 Å². The smallest absolute Gasteiger partial charge is 0.242 e. The minimum Gasteiger partial charge on any atom is -0.508 e. The second-order valence-electron chi connectivity index (χ2n) is 8.70. The summed E-state index contributed by atoms with van der Waals surface area (Å²) in [5, 5.41) is 10.5. The summed E-state index contributed by atoms with van der Waals surface area (Å²) < 4.78 is 11.9. The third-order valence-corrected chi connectivity index (χ3v) is 6.51. The number of hydrogen-bond donors (Lipinski definition) is 3. The first-order chi connectivity index (χ1) is 16.1. The number of hydrogen-bond acceptors (Lipinski definition) is 6. The highest BCUT2D eigenvalue weighted by atomic mass is 16.5. The van der Waals surface area contributed by atoms with E-state index in [2.05, 4.69) is 24.7 Å². The fourth-order valence-corrected chi connectivity index (χ4v) is 5.03. The summed E-state index contributed by atoms with van der Waals surface area (Å²) in [5.41, 5.74) is 8.30. The van der Waals surface area contributed by atoms with Crippen molar-refractivity contribution < 1.29 is 19.4 Å². The molecule has 2 aromatic rings. The number of fused-ring (bicyclic) bond motifs is 1. The Labute approximate surface area is 196 Å². The van der Waals surface area contributed by atoms with Crippen LogP contribution in [0.4, 0.5) is 0 Å². The number of amides is 1. The predicted molar refractivity (Wildman–Crippen MR) is 127 cm³/mol. The van der Waals surface area contributed by atoms with Crippen molar-refractivity contribution in [3.63, 3.8) is 0 Å². The van der Waals surface area contributed by atoms with Gasteiger partial charge >= 0.3 is 0 Å². The molecule has 1 amide bonds. The maximum atomic E-state index is 13.4. The Morgan fingerprint density at radius 2 is 1.76 bits per heavy atom. The van der Waals surface area contributed by atoms with Crippen LogP contribution in [0.1, 0.15) is 63.2 Å². The third kappa shape index (κ3) is 4.52. The molecule has 4 unspecified atom stereocenters. The van der Waals surface area contributed by atoms with Gasteiger partial charge in [-0.05, 0) is 43.5 Å². The van der Waals surface area contributed by atoms with Gasteiger partial charge in [0.05, 0.1) is 25.3 Å². The third-order valence-electron chi connectivity index (χ3n) is 6.51. The molecule has 2 aliphatic rings. The van der Waals surface area contributed by atoms with E-state index in [1.54, 1.807) is 6.07 Å². The number of nitrogens with one attached hydrogen (secondary N) is 2. The Bertz CT molecular complexity index is 966. The van der Waals surface area contributed by atoms with Crippen LogP contribution >= 0.6 is 0 Å². The fourth-order valence-electron chi connectivity index (χ4n) is 5.03. The molecule has 7 nitrogen and oxygen atoms in total. The van der Waals surface area contributed by atoms with Crippen LogP contribution in [-0.2, 0) is 4.79 Å². The van der Waals surface area contributed by atoms with E-state index in [0.29, 0.717) is 25.5 Å². The SMILES string of the molecule is CCCCOc1ccc(C2C3C(NNC3c3ccccc3O)C(=O)N2CCC)cc1OCC. The summed E-state index contributed by atoms with van der Waals surface area (Å²) in [4.78, 5) is 15.4. The lowest BCUT2D eigenvalue weighted by molar-refractivity contribution is -0.130. The summed E-state index contributed by atoms with van der Waals surface area (Å²) in [6, 6.07) is 12.6. The zero-order chi connectivity index (χ0) is 23.4. The summed E-state index contributed by atoms with van der Waals surface area (Å²) >= 11 is 0. The van der Waals surface area contributed by atoms with Gasteiger partial charge in [-0.2, -0.15) is 0 Å². The number of unbranched alkanes of at least 4 members (excludes halogenated alkanes) is 1. The summed E-state index contributed by atoms with van der Waals surface area (Å²) in [6.07, 6.45) is 2.92. The number of para-hydroxylation sites is 1. The van der Waals surface area contributed by atoms with Crippen LogP contribution < -0.4 is 20.3 Å². The molecule has 7 heteroatoms. The van der Waals surface area contributed by atoms with Gasteiger partial charge in [0, 0.05) is 18.0 Å². The number of phenols is 1. The largest absolute Gasteiger partial charge is 0.508 e. The first-order valence-electron chi connectivity index (χ1n) is 12.1. The number of ether oxygens (including phenoxy) is 2. The van der Waals surface area contributed by atoms with Gasteiger partial charge in [-0.25, -0.2) is 10.9 Å². The molecule has 0 aromatic heterocycles. The quantitative estimate of drug-likeness (QED) is 0.470. The first-order valence-corrected chi connectivity index (χ1v) is 12.1. The van der Waals surface area contributed by atoms with Crippen LogP contribution in [0.2, 0.25) is 0 Å². The molecular weight excluding hydrogens is 418 g/mol. The monoisotopic (exact) mass is 453 g/mol. The normalized spacial score (nSPS) is 24.2. The van der Waals surface area contributed by atoms with Crippen LogP contribution in [0.3, 0.4) is 0 Å². The highest BCUT2D eigenvalue weighted by Gasteiger charge is 2.55. The number of aromatic hydroxyl groups is 1. The molecule has 0 aliphatic carbocycles. The zero-order valence-corrected chi connectivity index (χ0v) is 19.7. The fraction of sp³-hybridized carbons (Fsp3) is 0.500. The molecule has 4 atom stereocenters. The van der Waals surface area contributed by atoms with E-state index in [-0.39, 0.29) is 35.7 Å². The van der Waals surface area contributed by atoms with Gasteiger partial charge in [0.2, 0.25) is 5.91 Å². The van der Waals surface area contributed by atoms with Crippen molar-refractivity contribution in [2.45, 2.75) is 58.2 Å².